The van der Waals surface area contributed by atoms with E-state index < -0.39 is 6.23 Å². The fourth-order valence-corrected chi connectivity index (χ4v) is 1.06. The first kappa shape index (κ1) is 6.13. The van der Waals surface area contributed by atoms with E-state index in [-0.39, 0.29) is 0 Å². The van der Waals surface area contributed by atoms with Crippen LogP contribution in [0.4, 0.5) is 0 Å². The molecule has 0 saturated carbocycles. The molecule has 0 fully saturated rings. The number of hydrogen-bond acceptors (Lipinski definition) is 3. The molecular formula is C8H5NO2. The van der Waals surface area contributed by atoms with E-state index in [9.17, 15) is 4.79 Å². The highest BCUT2D eigenvalue weighted by molar-refractivity contribution is 5.44. The van der Waals surface area contributed by atoms with E-state index >= 15 is 0 Å². The molecule has 3 heteroatoms. The number of aliphatic imine (C=N–C) groups is 1. The van der Waals surface area contributed by atoms with E-state index in [0.717, 1.165) is 11.3 Å². The number of ether oxygens (including phenoxy) is 1. The van der Waals surface area contributed by atoms with Crippen LogP contribution in [0.1, 0.15) is 11.8 Å². The largest absolute Gasteiger partial charge is 0.463 e. The minimum absolute atomic E-state index is 0.413. The van der Waals surface area contributed by atoms with Crippen molar-refractivity contribution in [1.82, 2.24) is 0 Å². The van der Waals surface area contributed by atoms with Crippen LogP contribution in [0, 0.1) is 0 Å². The maximum absolute atomic E-state index is 9.85. The number of isocyanates is 1. The Balaban J connectivity index is 2.36. The van der Waals surface area contributed by atoms with Gasteiger partial charge in [0.1, 0.15) is 5.75 Å². The minimum Gasteiger partial charge on any atom is -0.463 e. The molecule has 0 spiro atoms. The first-order valence-corrected chi connectivity index (χ1v) is 3.24. The summed E-state index contributed by atoms with van der Waals surface area (Å²) >= 11 is 0. The number of para-hydroxylation sites is 1. The van der Waals surface area contributed by atoms with Gasteiger partial charge in [-0.2, -0.15) is 4.99 Å². The predicted molar refractivity (Wildman–Crippen MR) is 37.9 cm³/mol. The molecule has 2 rings (SSSR count). The van der Waals surface area contributed by atoms with Gasteiger partial charge in [-0.1, -0.05) is 12.1 Å². The standard InChI is InChI=1S/C8H5NO2/c10-5-9-8-6-3-1-2-4-7(6)11-8/h1-4,8H. The van der Waals surface area contributed by atoms with Crippen molar-refractivity contribution in [3.8, 4) is 5.75 Å². The van der Waals surface area contributed by atoms with Crippen molar-refractivity contribution in [3.63, 3.8) is 0 Å². The van der Waals surface area contributed by atoms with Crippen molar-refractivity contribution < 1.29 is 9.53 Å². The molecule has 0 N–H and O–H groups in total. The van der Waals surface area contributed by atoms with Gasteiger partial charge in [-0.25, -0.2) is 4.79 Å². The number of rotatable bonds is 1. The summed E-state index contributed by atoms with van der Waals surface area (Å²) in [5, 5.41) is 0. The van der Waals surface area contributed by atoms with Gasteiger partial charge in [-0.05, 0) is 12.1 Å². The van der Waals surface area contributed by atoms with Gasteiger partial charge in [0.15, 0.2) is 0 Å². The average molecular weight is 147 g/mol. The highest BCUT2D eigenvalue weighted by Gasteiger charge is 2.26. The number of carbonyl (C=O) groups excluding carboxylic acids is 1. The second kappa shape index (κ2) is 2.22. The van der Waals surface area contributed by atoms with E-state index in [1.165, 1.54) is 6.08 Å². The summed E-state index contributed by atoms with van der Waals surface area (Å²) in [5.41, 5.74) is 0.954. The molecule has 11 heavy (non-hydrogen) atoms. The first-order chi connectivity index (χ1) is 5.42. The summed E-state index contributed by atoms with van der Waals surface area (Å²) in [6.45, 7) is 0. The lowest BCUT2D eigenvalue weighted by atomic mass is 10.1. The Morgan fingerprint density at radius 2 is 2.27 bits per heavy atom. The van der Waals surface area contributed by atoms with Gasteiger partial charge in [0.05, 0.1) is 5.56 Å². The van der Waals surface area contributed by atoms with Gasteiger partial charge < -0.3 is 4.74 Å². The molecule has 1 aliphatic rings. The third kappa shape index (κ3) is 0.827. The zero-order valence-corrected chi connectivity index (χ0v) is 5.65. The molecular weight excluding hydrogens is 142 g/mol. The Bertz CT molecular complexity index is 329. The number of hydrogen-bond donors (Lipinski definition) is 0. The summed E-state index contributed by atoms with van der Waals surface area (Å²) in [5.74, 6) is 0.802. The Morgan fingerprint density at radius 1 is 1.45 bits per heavy atom. The van der Waals surface area contributed by atoms with Gasteiger partial charge >= 0.3 is 0 Å². The molecule has 0 radical (unpaired) electrons. The molecule has 1 aromatic carbocycles. The Morgan fingerprint density at radius 3 is 3.00 bits per heavy atom. The van der Waals surface area contributed by atoms with Gasteiger partial charge in [-0.15, -0.1) is 0 Å². The lowest BCUT2D eigenvalue weighted by molar-refractivity contribution is 0.156. The van der Waals surface area contributed by atoms with Crippen LogP contribution in [-0.2, 0) is 4.79 Å². The molecule has 1 atom stereocenters. The molecule has 1 aromatic rings. The molecule has 54 valence electrons. The SMILES string of the molecule is O=C=NC1Oc2ccccc21. The van der Waals surface area contributed by atoms with Crippen LogP contribution in [-0.4, -0.2) is 6.08 Å². The van der Waals surface area contributed by atoms with Crippen molar-refractivity contribution >= 4 is 6.08 Å². The smallest absolute Gasteiger partial charge is 0.238 e. The summed E-state index contributed by atoms with van der Waals surface area (Å²) in [6.07, 6.45) is 1.05. The second-order valence-corrected chi connectivity index (χ2v) is 2.23. The maximum atomic E-state index is 9.85. The Labute approximate surface area is 63.3 Å². The molecule has 0 bridgehead atoms. The molecule has 1 unspecified atom stereocenters. The summed E-state index contributed by atoms with van der Waals surface area (Å²) < 4.78 is 5.10. The summed E-state index contributed by atoms with van der Waals surface area (Å²) in [4.78, 5) is 13.3. The van der Waals surface area contributed by atoms with E-state index in [1.807, 2.05) is 24.3 Å². The zero-order chi connectivity index (χ0) is 7.68. The van der Waals surface area contributed by atoms with Crippen LogP contribution >= 0.6 is 0 Å². The van der Waals surface area contributed by atoms with Crippen LogP contribution in [0.3, 0.4) is 0 Å². The van der Waals surface area contributed by atoms with Crippen molar-refractivity contribution in [2.45, 2.75) is 6.23 Å². The van der Waals surface area contributed by atoms with Crippen molar-refractivity contribution in [2.24, 2.45) is 4.99 Å². The minimum atomic E-state index is -0.413. The summed E-state index contributed by atoms with van der Waals surface area (Å²) in [7, 11) is 0. The van der Waals surface area contributed by atoms with Crippen LogP contribution in [0.5, 0.6) is 5.75 Å². The highest BCUT2D eigenvalue weighted by atomic mass is 16.5. The quantitative estimate of drug-likeness (QED) is 0.445. The normalized spacial score (nSPS) is 18.7. The molecule has 1 heterocycles. The maximum Gasteiger partial charge on any atom is 0.238 e. The fraction of sp³-hybridized carbons (Fsp3) is 0.125. The molecule has 0 aromatic heterocycles. The Hall–Kier alpha value is -1.60. The van der Waals surface area contributed by atoms with Crippen molar-refractivity contribution in [3.05, 3.63) is 29.8 Å². The van der Waals surface area contributed by atoms with Gasteiger partial charge in [0.25, 0.3) is 0 Å². The van der Waals surface area contributed by atoms with E-state index in [2.05, 4.69) is 4.99 Å². The van der Waals surface area contributed by atoms with E-state index in [1.54, 1.807) is 0 Å². The van der Waals surface area contributed by atoms with Crippen LogP contribution in [0.15, 0.2) is 29.3 Å². The topological polar surface area (TPSA) is 38.7 Å². The molecule has 1 aliphatic heterocycles. The monoisotopic (exact) mass is 147 g/mol. The van der Waals surface area contributed by atoms with Crippen LogP contribution in [0.25, 0.3) is 0 Å². The lowest BCUT2D eigenvalue weighted by Gasteiger charge is -2.25. The lowest BCUT2D eigenvalue weighted by Crippen LogP contribution is -2.16. The van der Waals surface area contributed by atoms with Crippen molar-refractivity contribution in [1.29, 1.82) is 0 Å². The second-order valence-electron chi connectivity index (χ2n) is 2.23. The number of nitrogens with zero attached hydrogens (tertiary/aromatic N) is 1. The van der Waals surface area contributed by atoms with E-state index in [0.29, 0.717) is 0 Å². The van der Waals surface area contributed by atoms with Crippen LogP contribution < -0.4 is 4.74 Å². The average Bonchev–Trinajstić information content (AvgIpc) is 2.01. The third-order valence-corrected chi connectivity index (χ3v) is 1.59. The number of benzene rings is 1. The van der Waals surface area contributed by atoms with E-state index in [4.69, 9.17) is 4.74 Å². The van der Waals surface area contributed by atoms with Gasteiger partial charge in [-0.3, -0.25) is 0 Å². The summed E-state index contributed by atoms with van der Waals surface area (Å²) in [6, 6.07) is 7.48. The predicted octanol–water partition coefficient (Wildman–Crippen LogP) is 1.41. The first-order valence-electron chi connectivity index (χ1n) is 3.24. The third-order valence-electron chi connectivity index (χ3n) is 1.59. The van der Waals surface area contributed by atoms with Gasteiger partial charge in [0, 0.05) is 0 Å². The molecule has 3 nitrogen and oxygen atoms in total. The number of fused-ring (bicyclic) bond motifs is 1. The van der Waals surface area contributed by atoms with Crippen LogP contribution in [0.2, 0.25) is 0 Å². The van der Waals surface area contributed by atoms with Crippen molar-refractivity contribution in [2.75, 3.05) is 0 Å². The highest BCUT2D eigenvalue weighted by Crippen LogP contribution is 2.38. The van der Waals surface area contributed by atoms with Gasteiger partial charge in [0.2, 0.25) is 12.3 Å². The fourth-order valence-electron chi connectivity index (χ4n) is 1.06. The molecule has 0 saturated heterocycles. The zero-order valence-electron chi connectivity index (χ0n) is 5.65. The Kier molecular flexibility index (Phi) is 1.24. The molecule has 0 amide bonds. The molecule has 0 aliphatic carbocycles.